The Bertz CT molecular complexity index is 966. The lowest BCUT2D eigenvalue weighted by Gasteiger charge is -2.16. The van der Waals surface area contributed by atoms with E-state index >= 15 is 0 Å². The Labute approximate surface area is 150 Å². The zero-order valence-corrected chi connectivity index (χ0v) is 15.3. The summed E-state index contributed by atoms with van der Waals surface area (Å²) in [5.41, 5.74) is 1.87. The zero-order chi connectivity index (χ0) is 19.1. The van der Waals surface area contributed by atoms with Gasteiger partial charge in [0.15, 0.2) is 28.0 Å². The van der Waals surface area contributed by atoms with Gasteiger partial charge in [-0.15, -0.1) is 0 Å². The quantitative estimate of drug-likeness (QED) is 0.745. The van der Waals surface area contributed by atoms with Crippen molar-refractivity contribution in [3.8, 4) is 5.75 Å². The number of carbonyl (C=O) groups excluding carboxylic acids is 1. The fourth-order valence-corrected chi connectivity index (χ4v) is 5.11. The Kier molecular flexibility index (Phi) is 4.88. The molecular weight excluding hydrogens is 364 g/mol. The Morgan fingerprint density at radius 2 is 2.00 bits per heavy atom. The molecule has 2 heterocycles. The van der Waals surface area contributed by atoms with Crippen molar-refractivity contribution in [3.05, 3.63) is 52.9 Å². The Hall–Kier alpha value is -2.22. The van der Waals surface area contributed by atoms with Gasteiger partial charge in [-0.1, -0.05) is 0 Å². The van der Waals surface area contributed by atoms with E-state index in [2.05, 4.69) is 0 Å². The number of hydrogen-bond donors (Lipinski definition) is 0. The normalized spacial score (nSPS) is 18.8. The summed E-state index contributed by atoms with van der Waals surface area (Å²) in [6.45, 7) is 3.18. The highest BCUT2D eigenvalue weighted by Gasteiger charge is 2.31. The van der Waals surface area contributed by atoms with Crippen molar-refractivity contribution in [1.82, 2.24) is 4.57 Å². The van der Waals surface area contributed by atoms with Crippen LogP contribution in [-0.2, 0) is 9.84 Å². The smallest absolute Gasteiger partial charge is 0.202 e. The molecule has 0 aliphatic carbocycles. The molecule has 1 aromatic heterocycles. The van der Waals surface area contributed by atoms with E-state index in [1.807, 2.05) is 11.5 Å². The summed E-state index contributed by atoms with van der Waals surface area (Å²) < 4.78 is 57.0. The molecule has 0 bridgehead atoms. The summed E-state index contributed by atoms with van der Waals surface area (Å²) in [5.74, 6) is -1.95. The van der Waals surface area contributed by atoms with Gasteiger partial charge in [-0.25, -0.2) is 17.2 Å². The molecular formula is C18H19F2NO4S. The third-order valence-electron chi connectivity index (χ3n) is 4.61. The van der Waals surface area contributed by atoms with Crippen LogP contribution in [0.3, 0.4) is 0 Å². The van der Waals surface area contributed by atoms with Crippen LogP contribution >= 0.6 is 0 Å². The molecule has 2 aromatic rings. The van der Waals surface area contributed by atoms with E-state index < -0.39 is 28.1 Å². The lowest BCUT2D eigenvalue weighted by Crippen LogP contribution is -2.16. The van der Waals surface area contributed by atoms with Gasteiger partial charge in [0.2, 0.25) is 5.78 Å². The molecule has 0 saturated carbocycles. The predicted molar refractivity (Wildman–Crippen MR) is 92.4 cm³/mol. The molecule has 1 aliphatic rings. The summed E-state index contributed by atoms with van der Waals surface area (Å²) in [7, 11) is -3.05. The first-order valence-corrected chi connectivity index (χ1v) is 10.00. The molecule has 1 saturated heterocycles. The third-order valence-corrected chi connectivity index (χ3v) is 6.36. The van der Waals surface area contributed by atoms with Gasteiger partial charge in [0.05, 0.1) is 11.5 Å². The number of hydrogen-bond acceptors (Lipinski definition) is 4. The summed E-state index contributed by atoms with van der Waals surface area (Å²) in [4.78, 5) is 12.5. The average molecular weight is 383 g/mol. The number of halogens is 2. The first kappa shape index (κ1) is 18.6. The van der Waals surface area contributed by atoms with Crippen LogP contribution in [0.15, 0.2) is 24.3 Å². The van der Waals surface area contributed by atoms with E-state index in [-0.39, 0.29) is 29.1 Å². The molecule has 0 N–H and O–H groups in total. The standard InChI is InChI=1S/C18H19F2NO4S/c1-11-7-15(12(2)21(11)14-5-6-26(23,24)10-14)17(22)9-25-18-4-3-13(19)8-16(18)20/h3-4,7-8,14H,5-6,9-10H2,1-2H3/t14-/m1/s1. The molecule has 1 aromatic carbocycles. The Morgan fingerprint density at radius 3 is 2.62 bits per heavy atom. The Balaban J connectivity index is 1.77. The van der Waals surface area contributed by atoms with Crippen LogP contribution in [0.2, 0.25) is 0 Å². The molecule has 0 radical (unpaired) electrons. The van der Waals surface area contributed by atoms with Gasteiger partial charge in [0.25, 0.3) is 0 Å². The lowest BCUT2D eigenvalue weighted by molar-refractivity contribution is 0.0918. The molecule has 0 amide bonds. The van der Waals surface area contributed by atoms with Crippen LogP contribution in [-0.4, -0.2) is 36.9 Å². The topological polar surface area (TPSA) is 65.4 Å². The second-order valence-corrected chi connectivity index (χ2v) is 8.73. The monoisotopic (exact) mass is 383 g/mol. The van der Waals surface area contributed by atoms with Gasteiger partial charge < -0.3 is 9.30 Å². The van der Waals surface area contributed by atoms with Crippen LogP contribution in [0.5, 0.6) is 5.75 Å². The molecule has 8 heteroatoms. The van der Waals surface area contributed by atoms with E-state index in [0.717, 1.165) is 17.8 Å². The minimum Gasteiger partial charge on any atom is -0.482 e. The minimum atomic E-state index is -3.05. The second-order valence-electron chi connectivity index (χ2n) is 6.50. The lowest BCUT2D eigenvalue weighted by atomic mass is 10.1. The highest BCUT2D eigenvalue weighted by Crippen LogP contribution is 2.29. The fourth-order valence-electron chi connectivity index (χ4n) is 3.41. The van der Waals surface area contributed by atoms with Crippen LogP contribution < -0.4 is 4.74 Å². The molecule has 5 nitrogen and oxygen atoms in total. The zero-order valence-electron chi connectivity index (χ0n) is 14.5. The van der Waals surface area contributed by atoms with Crippen molar-refractivity contribution in [2.24, 2.45) is 0 Å². The average Bonchev–Trinajstić information content (AvgIpc) is 3.05. The number of rotatable bonds is 5. The van der Waals surface area contributed by atoms with E-state index in [9.17, 15) is 22.0 Å². The van der Waals surface area contributed by atoms with E-state index in [4.69, 9.17) is 4.74 Å². The summed E-state index contributed by atoms with van der Waals surface area (Å²) in [6.07, 6.45) is 0.517. The number of aryl methyl sites for hydroxylation is 1. The predicted octanol–water partition coefficient (Wildman–Crippen LogP) is 3.00. The van der Waals surface area contributed by atoms with Gasteiger partial charge in [-0.2, -0.15) is 0 Å². The van der Waals surface area contributed by atoms with Gasteiger partial charge in [0.1, 0.15) is 5.82 Å². The first-order chi connectivity index (χ1) is 12.2. The number of nitrogens with zero attached hydrogens (tertiary/aromatic N) is 1. The molecule has 26 heavy (non-hydrogen) atoms. The Morgan fingerprint density at radius 1 is 1.27 bits per heavy atom. The highest BCUT2D eigenvalue weighted by atomic mass is 32.2. The highest BCUT2D eigenvalue weighted by molar-refractivity contribution is 7.91. The molecule has 3 rings (SSSR count). The first-order valence-electron chi connectivity index (χ1n) is 8.18. The van der Waals surface area contributed by atoms with Crippen LogP contribution in [0.1, 0.15) is 34.2 Å². The van der Waals surface area contributed by atoms with Crippen molar-refractivity contribution in [2.75, 3.05) is 18.1 Å². The third kappa shape index (κ3) is 3.65. The van der Waals surface area contributed by atoms with Crippen LogP contribution in [0.25, 0.3) is 0 Å². The van der Waals surface area contributed by atoms with Crippen molar-refractivity contribution in [2.45, 2.75) is 26.3 Å². The van der Waals surface area contributed by atoms with Crippen molar-refractivity contribution >= 4 is 15.6 Å². The minimum absolute atomic E-state index is 0.0638. The summed E-state index contributed by atoms with van der Waals surface area (Å²) in [5, 5.41) is 0. The van der Waals surface area contributed by atoms with Gasteiger partial charge in [-0.3, -0.25) is 4.79 Å². The number of benzene rings is 1. The number of sulfone groups is 1. The fraction of sp³-hybridized carbons (Fsp3) is 0.389. The molecule has 0 spiro atoms. The van der Waals surface area contributed by atoms with Crippen molar-refractivity contribution in [3.63, 3.8) is 0 Å². The maximum absolute atomic E-state index is 13.6. The van der Waals surface area contributed by atoms with Gasteiger partial charge >= 0.3 is 0 Å². The molecule has 1 atom stereocenters. The summed E-state index contributed by atoms with van der Waals surface area (Å²) in [6, 6.07) is 4.37. The maximum Gasteiger partial charge on any atom is 0.202 e. The number of ether oxygens (including phenoxy) is 1. The number of aromatic nitrogens is 1. The summed E-state index contributed by atoms with van der Waals surface area (Å²) >= 11 is 0. The van der Waals surface area contributed by atoms with Crippen molar-refractivity contribution < 1.29 is 26.7 Å². The van der Waals surface area contributed by atoms with E-state index in [1.165, 1.54) is 0 Å². The number of Topliss-reactive ketones (excluding diaryl/α,β-unsaturated/α-hetero) is 1. The van der Waals surface area contributed by atoms with E-state index in [0.29, 0.717) is 23.7 Å². The second kappa shape index (κ2) is 6.83. The van der Waals surface area contributed by atoms with Gasteiger partial charge in [-0.05, 0) is 38.5 Å². The van der Waals surface area contributed by atoms with Crippen molar-refractivity contribution in [1.29, 1.82) is 0 Å². The SMILES string of the molecule is Cc1cc(C(=O)COc2ccc(F)cc2F)c(C)n1[C@@H]1CCS(=O)(=O)C1. The maximum atomic E-state index is 13.6. The molecule has 1 fully saturated rings. The largest absolute Gasteiger partial charge is 0.482 e. The number of carbonyl (C=O) groups is 1. The van der Waals surface area contributed by atoms with Gasteiger partial charge in [0, 0.05) is 29.1 Å². The van der Waals surface area contributed by atoms with E-state index in [1.54, 1.807) is 13.0 Å². The molecule has 1 aliphatic heterocycles. The molecule has 0 unspecified atom stereocenters. The van der Waals surface area contributed by atoms with Crippen LogP contribution in [0, 0.1) is 25.5 Å². The number of ketones is 1. The van der Waals surface area contributed by atoms with Crippen LogP contribution in [0.4, 0.5) is 8.78 Å². The molecule has 140 valence electrons.